The van der Waals surface area contributed by atoms with Crippen LogP contribution in [-0.2, 0) is 23.0 Å². The van der Waals surface area contributed by atoms with Gasteiger partial charge >= 0.3 is 0 Å². The highest BCUT2D eigenvalue weighted by Crippen LogP contribution is 2.30. The molecule has 5 nitrogen and oxygen atoms in total. The fraction of sp³-hybridized carbons (Fsp3) is 0.138. The molecule has 0 saturated carbocycles. The molecule has 4 aromatic carbocycles. The Hall–Kier alpha value is -3.90. The number of carbonyl (C=O) groups excluding carboxylic acids is 1. The molecule has 4 aromatic rings. The highest BCUT2D eigenvalue weighted by Gasteiger charge is 2.28. The lowest BCUT2D eigenvalue weighted by Gasteiger charge is -2.27. The highest BCUT2D eigenvalue weighted by molar-refractivity contribution is 7.92. The van der Waals surface area contributed by atoms with Crippen LogP contribution in [-0.4, -0.2) is 14.3 Å². The fourth-order valence-electron chi connectivity index (χ4n) is 4.03. The van der Waals surface area contributed by atoms with Crippen molar-refractivity contribution < 1.29 is 13.2 Å². The second-order valence-electron chi connectivity index (χ2n) is 8.24. The van der Waals surface area contributed by atoms with Gasteiger partial charge in [0.25, 0.3) is 15.9 Å². The summed E-state index contributed by atoms with van der Waals surface area (Å²) < 4.78 is 28.9. The van der Waals surface area contributed by atoms with Crippen LogP contribution < -0.4 is 9.62 Å². The minimum absolute atomic E-state index is 0.0902. The van der Waals surface area contributed by atoms with E-state index in [0.29, 0.717) is 5.69 Å². The van der Waals surface area contributed by atoms with E-state index in [9.17, 15) is 13.2 Å². The van der Waals surface area contributed by atoms with Crippen molar-refractivity contribution in [1.29, 1.82) is 0 Å². The maximum atomic E-state index is 13.8. The lowest BCUT2D eigenvalue weighted by atomic mass is 10.0. The molecule has 4 rings (SSSR count). The number of sulfonamides is 1. The molecular formula is C29H28N2O3S. The Morgan fingerprint density at radius 3 is 2.11 bits per heavy atom. The van der Waals surface area contributed by atoms with Crippen molar-refractivity contribution in [3.8, 4) is 0 Å². The van der Waals surface area contributed by atoms with Crippen LogP contribution >= 0.6 is 0 Å². The van der Waals surface area contributed by atoms with Gasteiger partial charge in [0, 0.05) is 5.69 Å². The lowest BCUT2D eigenvalue weighted by molar-refractivity contribution is 0.102. The van der Waals surface area contributed by atoms with E-state index in [1.807, 2.05) is 62.4 Å². The molecule has 0 spiro atoms. The number of hydrogen-bond acceptors (Lipinski definition) is 3. The molecule has 6 heteroatoms. The van der Waals surface area contributed by atoms with Crippen LogP contribution in [0.2, 0.25) is 0 Å². The molecule has 0 bridgehead atoms. The van der Waals surface area contributed by atoms with Crippen molar-refractivity contribution in [3.05, 3.63) is 125 Å². The van der Waals surface area contributed by atoms with Gasteiger partial charge in [0.2, 0.25) is 0 Å². The van der Waals surface area contributed by atoms with Crippen molar-refractivity contribution in [2.45, 2.75) is 31.7 Å². The predicted molar refractivity (Wildman–Crippen MR) is 141 cm³/mol. The van der Waals surface area contributed by atoms with Crippen LogP contribution in [0, 0.1) is 6.92 Å². The van der Waals surface area contributed by atoms with Crippen molar-refractivity contribution in [2.75, 3.05) is 9.62 Å². The third kappa shape index (κ3) is 5.28. The minimum atomic E-state index is -3.95. The molecule has 0 radical (unpaired) electrons. The lowest BCUT2D eigenvalue weighted by Crippen LogP contribution is -2.32. The molecule has 0 unspecified atom stereocenters. The van der Waals surface area contributed by atoms with Gasteiger partial charge in [0.15, 0.2) is 0 Å². The monoisotopic (exact) mass is 484 g/mol. The van der Waals surface area contributed by atoms with E-state index in [1.165, 1.54) is 4.31 Å². The number of benzene rings is 4. The smallest absolute Gasteiger partial charge is 0.264 e. The van der Waals surface area contributed by atoms with E-state index < -0.39 is 10.0 Å². The van der Waals surface area contributed by atoms with E-state index >= 15 is 0 Å². The molecule has 0 aliphatic rings. The minimum Gasteiger partial charge on any atom is -0.321 e. The first-order valence-corrected chi connectivity index (χ1v) is 13.0. The number of para-hydroxylation sites is 2. The summed E-state index contributed by atoms with van der Waals surface area (Å²) in [7, 11) is -3.95. The average Bonchev–Trinajstić information content (AvgIpc) is 2.89. The summed E-state index contributed by atoms with van der Waals surface area (Å²) >= 11 is 0. The van der Waals surface area contributed by atoms with Crippen molar-refractivity contribution >= 4 is 27.3 Å². The number of hydrogen-bond donors (Lipinski definition) is 1. The normalized spacial score (nSPS) is 11.1. The maximum absolute atomic E-state index is 13.8. The second-order valence-corrected chi connectivity index (χ2v) is 10.1. The van der Waals surface area contributed by atoms with Gasteiger partial charge in [0.05, 0.1) is 22.7 Å². The molecule has 0 aliphatic carbocycles. The van der Waals surface area contributed by atoms with Crippen LogP contribution in [0.25, 0.3) is 0 Å². The Kier molecular flexibility index (Phi) is 7.32. The van der Waals surface area contributed by atoms with E-state index in [-0.39, 0.29) is 22.9 Å². The zero-order valence-corrected chi connectivity index (χ0v) is 20.6. The summed E-state index contributed by atoms with van der Waals surface area (Å²) in [6, 6.07) is 30.4. The summed E-state index contributed by atoms with van der Waals surface area (Å²) in [6.45, 7) is 4.07. The Balaban J connectivity index is 1.80. The summed E-state index contributed by atoms with van der Waals surface area (Å²) in [5.74, 6) is -0.356. The van der Waals surface area contributed by atoms with Gasteiger partial charge in [-0.3, -0.25) is 9.10 Å². The molecule has 0 aromatic heterocycles. The predicted octanol–water partition coefficient (Wildman–Crippen LogP) is 6.21. The number of nitrogens with one attached hydrogen (secondary N) is 1. The van der Waals surface area contributed by atoms with Crippen LogP contribution in [0.5, 0.6) is 0 Å². The van der Waals surface area contributed by atoms with E-state index in [1.54, 1.807) is 54.6 Å². The number of rotatable bonds is 8. The molecule has 35 heavy (non-hydrogen) atoms. The number of nitrogens with zero attached hydrogens (tertiary/aromatic N) is 1. The maximum Gasteiger partial charge on any atom is 0.264 e. The fourth-order valence-corrected chi connectivity index (χ4v) is 5.53. The summed E-state index contributed by atoms with van der Waals surface area (Å²) in [4.78, 5) is 13.7. The van der Waals surface area contributed by atoms with Crippen LogP contribution in [0.1, 0.15) is 34.0 Å². The quantitative estimate of drug-likeness (QED) is 0.324. The van der Waals surface area contributed by atoms with Crippen molar-refractivity contribution in [3.63, 3.8) is 0 Å². The average molecular weight is 485 g/mol. The molecule has 0 aliphatic heterocycles. The molecule has 178 valence electrons. The standard InChI is InChI=1S/C29H28N2O3S/c1-3-24-16-12-13-22(2)28(24)30-29(32)26-19-10-11-20-27(26)31(21-23-14-6-4-7-15-23)35(33,34)25-17-8-5-9-18-25/h4-20H,3,21H2,1-2H3,(H,30,32). The van der Waals surface area contributed by atoms with Gasteiger partial charge in [-0.05, 0) is 54.3 Å². The first-order chi connectivity index (χ1) is 16.9. The second kappa shape index (κ2) is 10.6. The SMILES string of the molecule is CCc1cccc(C)c1NC(=O)c1ccccc1N(Cc1ccccc1)S(=O)(=O)c1ccccc1. The molecule has 1 amide bonds. The molecular weight excluding hydrogens is 456 g/mol. The molecule has 0 fully saturated rings. The van der Waals surface area contributed by atoms with E-state index in [4.69, 9.17) is 0 Å². The molecule has 1 N–H and O–H groups in total. The highest BCUT2D eigenvalue weighted by atomic mass is 32.2. The summed E-state index contributed by atoms with van der Waals surface area (Å²) in [5, 5.41) is 3.04. The number of anilines is 2. The third-order valence-corrected chi connectivity index (χ3v) is 7.67. The third-order valence-electron chi connectivity index (χ3n) is 5.90. The Morgan fingerprint density at radius 2 is 1.43 bits per heavy atom. The zero-order valence-electron chi connectivity index (χ0n) is 19.8. The van der Waals surface area contributed by atoms with Gasteiger partial charge < -0.3 is 5.32 Å². The Morgan fingerprint density at radius 1 is 0.800 bits per heavy atom. The Bertz CT molecular complexity index is 1420. The number of amides is 1. The van der Waals surface area contributed by atoms with Gasteiger partial charge in [0.1, 0.15) is 0 Å². The topological polar surface area (TPSA) is 66.5 Å². The largest absolute Gasteiger partial charge is 0.321 e. The molecule has 0 saturated heterocycles. The Labute approximate surface area is 207 Å². The number of carbonyl (C=O) groups is 1. The van der Waals surface area contributed by atoms with Gasteiger partial charge in [-0.1, -0.05) is 85.8 Å². The van der Waals surface area contributed by atoms with Crippen molar-refractivity contribution in [2.24, 2.45) is 0 Å². The van der Waals surface area contributed by atoms with Crippen LogP contribution in [0.15, 0.2) is 108 Å². The summed E-state index contributed by atoms with van der Waals surface area (Å²) in [5.41, 5.74) is 4.16. The first kappa shape index (κ1) is 24.2. The molecule has 0 atom stereocenters. The zero-order chi connectivity index (χ0) is 24.8. The van der Waals surface area contributed by atoms with Crippen LogP contribution in [0.3, 0.4) is 0 Å². The van der Waals surface area contributed by atoms with Gasteiger partial charge in [-0.15, -0.1) is 0 Å². The number of aryl methyl sites for hydroxylation is 2. The van der Waals surface area contributed by atoms with Crippen LogP contribution in [0.4, 0.5) is 11.4 Å². The van der Waals surface area contributed by atoms with Gasteiger partial charge in [-0.25, -0.2) is 8.42 Å². The first-order valence-electron chi connectivity index (χ1n) is 11.5. The van der Waals surface area contributed by atoms with Crippen molar-refractivity contribution in [1.82, 2.24) is 0 Å². The van der Waals surface area contributed by atoms with E-state index in [2.05, 4.69) is 5.32 Å². The molecule has 0 heterocycles. The van der Waals surface area contributed by atoms with E-state index in [0.717, 1.165) is 28.8 Å². The van der Waals surface area contributed by atoms with Gasteiger partial charge in [-0.2, -0.15) is 0 Å². The summed E-state index contributed by atoms with van der Waals surface area (Å²) in [6.07, 6.45) is 0.765.